The van der Waals surface area contributed by atoms with Crippen LogP contribution in [0.25, 0.3) is 0 Å². The largest absolute Gasteiger partial charge is 0.375 e. The average molecular weight is 339 g/mol. The first-order valence-electron chi connectivity index (χ1n) is 8.33. The normalized spacial score (nSPS) is 25.5. The van der Waals surface area contributed by atoms with Crippen molar-refractivity contribution in [2.75, 3.05) is 26.2 Å². The van der Waals surface area contributed by atoms with E-state index >= 15 is 0 Å². The van der Waals surface area contributed by atoms with Crippen LogP contribution in [0.15, 0.2) is 29.4 Å². The lowest BCUT2D eigenvalue weighted by molar-refractivity contribution is -0.112. The Labute approximate surface area is 138 Å². The van der Waals surface area contributed by atoms with Gasteiger partial charge in [0.15, 0.2) is 0 Å². The molecule has 2 fully saturated rings. The Kier molecular flexibility index (Phi) is 5.01. The molecule has 1 atom stereocenters. The molecule has 3 heterocycles. The molecule has 2 aliphatic rings. The number of nitrogens with one attached hydrogen (secondary N) is 1. The first-order chi connectivity index (χ1) is 11.1. The SMILES string of the molecule is CCNC1CCOC2(CCN(S(=O)(=O)c3cccnc3)CC2)C1. The van der Waals surface area contributed by atoms with Gasteiger partial charge in [0.1, 0.15) is 4.90 Å². The van der Waals surface area contributed by atoms with Gasteiger partial charge < -0.3 is 10.1 Å². The molecule has 1 spiro atoms. The number of sulfonamides is 1. The summed E-state index contributed by atoms with van der Waals surface area (Å²) in [5, 5.41) is 3.50. The molecular formula is C16H25N3O3S. The molecule has 0 amide bonds. The lowest BCUT2D eigenvalue weighted by atomic mass is 9.83. The second-order valence-corrected chi connectivity index (χ2v) is 8.31. The second-order valence-electron chi connectivity index (χ2n) is 6.37. The fraction of sp³-hybridized carbons (Fsp3) is 0.688. The van der Waals surface area contributed by atoms with Gasteiger partial charge in [-0.3, -0.25) is 4.98 Å². The van der Waals surface area contributed by atoms with Gasteiger partial charge in [0.05, 0.1) is 5.60 Å². The minimum Gasteiger partial charge on any atom is -0.375 e. The van der Waals surface area contributed by atoms with Gasteiger partial charge in [0, 0.05) is 38.1 Å². The fourth-order valence-corrected chi connectivity index (χ4v) is 5.03. The number of rotatable bonds is 4. The maximum atomic E-state index is 12.7. The average Bonchev–Trinajstić information content (AvgIpc) is 2.57. The minimum absolute atomic E-state index is 0.161. The highest BCUT2D eigenvalue weighted by atomic mass is 32.2. The topological polar surface area (TPSA) is 71.5 Å². The van der Waals surface area contributed by atoms with E-state index in [-0.39, 0.29) is 10.5 Å². The zero-order valence-electron chi connectivity index (χ0n) is 13.6. The molecular weight excluding hydrogens is 314 g/mol. The lowest BCUT2D eigenvalue weighted by Crippen LogP contribution is -2.53. The Morgan fingerprint density at radius 3 is 2.87 bits per heavy atom. The third-order valence-corrected chi connectivity index (χ3v) is 6.77. The maximum absolute atomic E-state index is 12.7. The van der Waals surface area contributed by atoms with Gasteiger partial charge in [-0.2, -0.15) is 4.31 Å². The van der Waals surface area contributed by atoms with Crippen LogP contribution in [-0.2, 0) is 14.8 Å². The van der Waals surface area contributed by atoms with Crippen molar-refractivity contribution in [3.8, 4) is 0 Å². The summed E-state index contributed by atoms with van der Waals surface area (Å²) in [5.74, 6) is 0. The van der Waals surface area contributed by atoms with Crippen LogP contribution in [0.3, 0.4) is 0 Å². The number of hydrogen-bond donors (Lipinski definition) is 1. The van der Waals surface area contributed by atoms with Crippen molar-refractivity contribution in [1.82, 2.24) is 14.6 Å². The molecule has 1 aromatic rings. The molecule has 0 radical (unpaired) electrons. The van der Waals surface area contributed by atoms with Crippen LogP contribution >= 0.6 is 0 Å². The Morgan fingerprint density at radius 2 is 2.22 bits per heavy atom. The van der Waals surface area contributed by atoms with Crippen molar-refractivity contribution < 1.29 is 13.2 Å². The third-order valence-electron chi connectivity index (χ3n) is 4.89. The summed E-state index contributed by atoms with van der Waals surface area (Å²) in [7, 11) is -3.44. The number of nitrogens with zero attached hydrogens (tertiary/aromatic N) is 2. The highest BCUT2D eigenvalue weighted by Crippen LogP contribution is 2.36. The van der Waals surface area contributed by atoms with Crippen LogP contribution in [0.1, 0.15) is 32.6 Å². The van der Waals surface area contributed by atoms with Crippen molar-refractivity contribution in [2.45, 2.75) is 49.1 Å². The predicted octanol–water partition coefficient (Wildman–Crippen LogP) is 1.39. The Morgan fingerprint density at radius 1 is 1.43 bits per heavy atom. The van der Waals surface area contributed by atoms with Gasteiger partial charge >= 0.3 is 0 Å². The molecule has 1 N–H and O–H groups in total. The van der Waals surface area contributed by atoms with Crippen molar-refractivity contribution >= 4 is 10.0 Å². The van der Waals surface area contributed by atoms with Crippen LogP contribution in [0, 0.1) is 0 Å². The predicted molar refractivity (Wildman–Crippen MR) is 87.6 cm³/mol. The molecule has 1 aromatic heterocycles. The van der Waals surface area contributed by atoms with E-state index in [1.165, 1.54) is 6.20 Å². The van der Waals surface area contributed by atoms with Crippen LogP contribution in [0.2, 0.25) is 0 Å². The minimum atomic E-state index is -3.44. The van der Waals surface area contributed by atoms with E-state index in [4.69, 9.17) is 4.74 Å². The number of hydrogen-bond acceptors (Lipinski definition) is 5. The van der Waals surface area contributed by atoms with Crippen LogP contribution < -0.4 is 5.32 Å². The summed E-state index contributed by atoms with van der Waals surface area (Å²) in [6, 6.07) is 3.74. The number of aromatic nitrogens is 1. The molecule has 3 rings (SSSR count). The monoisotopic (exact) mass is 339 g/mol. The number of pyridine rings is 1. The van der Waals surface area contributed by atoms with Gasteiger partial charge in [-0.05, 0) is 44.4 Å². The molecule has 2 aliphatic heterocycles. The van der Waals surface area contributed by atoms with Gasteiger partial charge in [0.2, 0.25) is 10.0 Å². The van der Waals surface area contributed by atoms with Gasteiger partial charge in [-0.25, -0.2) is 8.42 Å². The van der Waals surface area contributed by atoms with E-state index in [2.05, 4.69) is 17.2 Å². The van der Waals surface area contributed by atoms with Crippen molar-refractivity contribution in [2.24, 2.45) is 0 Å². The molecule has 0 aliphatic carbocycles. The summed E-state index contributed by atoms with van der Waals surface area (Å²) in [6.07, 6.45) is 6.52. The molecule has 0 aromatic carbocycles. The molecule has 6 nitrogen and oxygen atoms in total. The van der Waals surface area contributed by atoms with Gasteiger partial charge in [-0.15, -0.1) is 0 Å². The van der Waals surface area contributed by atoms with E-state index in [9.17, 15) is 8.42 Å². The van der Waals surface area contributed by atoms with E-state index in [0.717, 1.165) is 38.8 Å². The van der Waals surface area contributed by atoms with Gasteiger partial charge in [-0.1, -0.05) is 6.92 Å². The highest BCUT2D eigenvalue weighted by Gasteiger charge is 2.42. The fourth-order valence-electron chi connectivity index (χ4n) is 3.62. The summed E-state index contributed by atoms with van der Waals surface area (Å²) in [6.45, 7) is 4.85. The molecule has 0 bridgehead atoms. The van der Waals surface area contributed by atoms with Crippen LogP contribution in [0.4, 0.5) is 0 Å². The molecule has 23 heavy (non-hydrogen) atoms. The molecule has 7 heteroatoms. The van der Waals surface area contributed by atoms with Crippen LogP contribution in [-0.4, -0.2) is 55.6 Å². The molecule has 1 unspecified atom stereocenters. The van der Waals surface area contributed by atoms with Crippen LogP contribution in [0.5, 0.6) is 0 Å². The summed E-state index contributed by atoms with van der Waals surface area (Å²) in [4.78, 5) is 4.19. The highest BCUT2D eigenvalue weighted by molar-refractivity contribution is 7.89. The quantitative estimate of drug-likeness (QED) is 0.898. The van der Waals surface area contributed by atoms with E-state index in [1.807, 2.05) is 0 Å². The van der Waals surface area contributed by atoms with E-state index in [0.29, 0.717) is 19.1 Å². The summed E-state index contributed by atoms with van der Waals surface area (Å²) >= 11 is 0. The van der Waals surface area contributed by atoms with Gasteiger partial charge in [0.25, 0.3) is 0 Å². The maximum Gasteiger partial charge on any atom is 0.244 e. The first kappa shape index (κ1) is 16.8. The zero-order chi connectivity index (χ0) is 16.3. The molecule has 128 valence electrons. The zero-order valence-corrected chi connectivity index (χ0v) is 14.4. The first-order valence-corrected chi connectivity index (χ1v) is 9.77. The van der Waals surface area contributed by atoms with E-state index in [1.54, 1.807) is 22.6 Å². The van der Waals surface area contributed by atoms with Crippen molar-refractivity contribution in [3.63, 3.8) is 0 Å². The Hall–Kier alpha value is -1.02. The summed E-state index contributed by atoms with van der Waals surface area (Å²) in [5.41, 5.74) is -0.161. The Balaban J connectivity index is 1.66. The standard InChI is InChI=1S/C16H25N3O3S/c1-2-18-14-5-11-22-16(12-14)6-9-19(10-7-16)23(20,21)15-4-3-8-17-13-15/h3-4,8,13-14,18H,2,5-7,9-12H2,1H3. The summed E-state index contributed by atoms with van der Waals surface area (Å²) < 4.78 is 33.0. The smallest absolute Gasteiger partial charge is 0.244 e. The Bertz CT molecular complexity index is 611. The van der Waals surface area contributed by atoms with Crippen molar-refractivity contribution in [1.29, 1.82) is 0 Å². The third kappa shape index (κ3) is 3.57. The van der Waals surface area contributed by atoms with E-state index < -0.39 is 10.0 Å². The molecule has 0 saturated carbocycles. The number of piperidine rings is 1. The lowest BCUT2D eigenvalue weighted by Gasteiger charge is -2.46. The second kappa shape index (κ2) is 6.84. The molecule has 2 saturated heterocycles. The number of ether oxygens (including phenoxy) is 1. The van der Waals surface area contributed by atoms with Crippen molar-refractivity contribution in [3.05, 3.63) is 24.5 Å².